The van der Waals surface area contributed by atoms with Gasteiger partial charge in [-0.25, -0.2) is 56.8 Å². The Kier molecular flexibility index (Phi) is 40.1. The Morgan fingerprint density at radius 2 is 0.552 bits per heavy atom. The van der Waals surface area contributed by atoms with Crippen LogP contribution < -0.4 is 0 Å². The van der Waals surface area contributed by atoms with E-state index in [0.29, 0.717) is 81.7 Å². The Hall–Kier alpha value is -11.4. The number of pyridine rings is 2. The molecular weight excluding hydrogens is 1220 g/mol. The summed E-state index contributed by atoms with van der Waals surface area (Å²) in [4.78, 5) is 48.2. The van der Waals surface area contributed by atoms with Crippen molar-refractivity contribution < 1.29 is 17.6 Å². The number of rotatable bonds is 12. The topological polar surface area (TPSA) is 209 Å². The molecule has 0 saturated carbocycles. The number of nitrogens with zero attached hydrogens (tertiary/aromatic N) is 20. The molecule has 0 N–H and O–H groups in total. The molecule has 0 saturated heterocycles. The molecule has 4 aromatic carbocycles. The van der Waals surface area contributed by atoms with E-state index in [-0.39, 0.29) is 68.9 Å². The van der Waals surface area contributed by atoms with Crippen LogP contribution in [0.3, 0.4) is 0 Å². The van der Waals surface area contributed by atoms with Crippen molar-refractivity contribution in [2.24, 2.45) is 0 Å². The summed E-state index contributed by atoms with van der Waals surface area (Å²) in [7, 11) is 0. The molecule has 0 spiro atoms. The summed E-state index contributed by atoms with van der Waals surface area (Å²) in [6.45, 7) is 43.0. The molecule has 0 aliphatic rings. The van der Waals surface area contributed by atoms with E-state index < -0.39 is 0 Å². The first-order valence-corrected chi connectivity index (χ1v) is 30.8. The van der Waals surface area contributed by atoms with Gasteiger partial charge in [-0.1, -0.05) is 193 Å². The number of benzene rings is 4. The number of hydrogen-bond acceptors (Lipinski definition) is 14. The molecule has 0 bridgehead atoms. The maximum Gasteiger partial charge on any atom is 0.360 e. The van der Waals surface area contributed by atoms with E-state index in [0.717, 1.165) is 5.82 Å². The third-order valence-corrected chi connectivity index (χ3v) is 11.6. The van der Waals surface area contributed by atoms with Gasteiger partial charge >= 0.3 is 11.9 Å². The van der Waals surface area contributed by atoms with Crippen LogP contribution >= 0.6 is 0 Å². The van der Waals surface area contributed by atoms with Gasteiger partial charge in [0.15, 0.2) is 11.6 Å². The van der Waals surface area contributed by atoms with E-state index >= 15 is 0 Å². The van der Waals surface area contributed by atoms with Crippen molar-refractivity contribution >= 4 is 11.9 Å². The number of halogens is 4. The lowest BCUT2D eigenvalue weighted by Crippen LogP contribution is -2.05. The van der Waals surface area contributed by atoms with Crippen LogP contribution in [-0.4, -0.2) is 89.0 Å². The first-order chi connectivity index (χ1) is 46.0. The van der Waals surface area contributed by atoms with Crippen LogP contribution in [0.15, 0.2) is 183 Å². The molecule has 0 amide bonds. The molecule has 8 aromatic heterocycles. The summed E-state index contributed by atoms with van der Waals surface area (Å²) >= 11 is 0. The second kappa shape index (κ2) is 46.6. The van der Waals surface area contributed by atoms with Gasteiger partial charge in [0.1, 0.15) is 59.4 Å². The monoisotopic (exact) mass is 1310 g/mol. The average molecular weight is 1310 g/mol. The molecule has 0 aliphatic heterocycles. The first kappa shape index (κ1) is 82.6. The molecule has 12 rings (SSSR count). The highest BCUT2D eigenvalue weighted by molar-refractivity contribution is 5.51. The summed E-state index contributed by atoms with van der Waals surface area (Å²) in [6.07, 6.45) is 9.73. The highest BCUT2D eigenvalue weighted by atomic mass is 19.1. The Morgan fingerprint density at radius 1 is 0.302 bits per heavy atom. The minimum Gasteiger partial charge on any atom is -0.395 e. The van der Waals surface area contributed by atoms with Gasteiger partial charge in [0.2, 0.25) is 11.6 Å². The van der Waals surface area contributed by atoms with Crippen LogP contribution in [0.1, 0.15) is 132 Å². The Balaban J connectivity index is 0.000000603. The van der Waals surface area contributed by atoms with Crippen LogP contribution in [-0.2, 0) is 26.2 Å². The quantitative estimate of drug-likeness (QED) is 0.0823. The highest BCUT2D eigenvalue weighted by Crippen LogP contribution is 2.22. The van der Waals surface area contributed by atoms with E-state index in [2.05, 4.69) is 79.9 Å². The third kappa shape index (κ3) is 24.9. The molecule has 0 atom stereocenters. The third-order valence-electron chi connectivity index (χ3n) is 11.6. The minimum absolute atomic E-state index is 0. The predicted molar refractivity (Wildman–Crippen MR) is 374 cm³/mol. The molecule has 0 aliphatic carbocycles. The van der Waals surface area contributed by atoms with Gasteiger partial charge in [0, 0.05) is 59.4 Å². The van der Waals surface area contributed by atoms with E-state index in [4.69, 9.17) is 13.1 Å². The average Bonchev–Trinajstić information content (AvgIpc) is 1.79. The fraction of sp³-hybridized carbons (Fsp3) is 0.278. The van der Waals surface area contributed by atoms with Crippen LogP contribution in [0, 0.1) is 50.3 Å². The summed E-state index contributed by atoms with van der Waals surface area (Å²) in [6, 6.07) is 40.4. The molecule has 504 valence electrons. The van der Waals surface area contributed by atoms with Crippen LogP contribution in [0.4, 0.5) is 29.5 Å². The predicted octanol–water partition coefficient (Wildman–Crippen LogP) is 18.0. The van der Waals surface area contributed by atoms with Gasteiger partial charge in [-0.05, 0) is 74.5 Å². The maximum atomic E-state index is 13.7. The van der Waals surface area contributed by atoms with Crippen LogP contribution in [0.2, 0.25) is 0 Å². The lowest BCUT2D eigenvalue weighted by Gasteiger charge is -2.04. The molecule has 20 nitrogen and oxygen atoms in total. The molecule has 8 heterocycles. The van der Waals surface area contributed by atoms with Crippen molar-refractivity contribution in [1.82, 2.24) is 89.0 Å². The van der Waals surface area contributed by atoms with E-state index in [9.17, 15) is 17.6 Å². The highest BCUT2D eigenvalue weighted by Gasteiger charge is 2.20. The van der Waals surface area contributed by atoms with Crippen molar-refractivity contribution in [3.05, 3.63) is 263 Å². The summed E-state index contributed by atoms with van der Waals surface area (Å²) in [5.74, 6) is 2.84. The Labute approximate surface area is 563 Å². The zero-order valence-corrected chi connectivity index (χ0v) is 55.6. The van der Waals surface area contributed by atoms with Crippen molar-refractivity contribution in [3.8, 4) is 46.3 Å². The molecule has 24 heteroatoms. The summed E-state index contributed by atoms with van der Waals surface area (Å²) in [5.41, 5.74) is 3.35. The van der Waals surface area contributed by atoms with Crippen LogP contribution in [0.25, 0.3) is 56.0 Å². The van der Waals surface area contributed by atoms with Crippen LogP contribution in [0.5, 0.6) is 0 Å². The van der Waals surface area contributed by atoms with Gasteiger partial charge in [-0.15, -0.1) is 33.3 Å². The van der Waals surface area contributed by atoms with E-state index in [1.165, 1.54) is 33.6 Å². The van der Waals surface area contributed by atoms with Crippen molar-refractivity contribution in [2.75, 3.05) is 0 Å². The lowest BCUT2D eigenvalue weighted by molar-refractivity contribution is 0.579. The van der Waals surface area contributed by atoms with Gasteiger partial charge in [-0.2, -0.15) is 9.36 Å². The van der Waals surface area contributed by atoms with Gasteiger partial charge in [-0.3, -0.25) is 9.97 Å². The fourth-order valence-electron chi connectivity index (χ4n) is 7.56. The zero-order chi connectivity index (χ0) is 69.2. The first-order valence-electron chi connectivity index (χ1n) is 30.8. The molecular formula is C72H88F4N20. The molecule has 0 fully saturated rings. The Bertz CT molecular complexity index is 3860. The van der Waals surface area contributed by atoms with Gasteiger partial charge < -0.3 is 9.69 Å². The van der Waals surface area contributed by atoms with Crippen molar-refractivity contribution in [2.45, 2.75) is 138 Å². The second-order valence-corrected chi connectivity index (χ2v) is 17.2. The van der Waals surface area contributed by atoms with Crippen molar-refractivity contribution in [1.29, 1.82) is 0 Å². The Morgan fingerprint density at radius 3 is 0.875 bits per heavy atom. The number of aryl methyl sites for hydroxylation is 2. The molecule has 0 unspecified atom stereocenters. The molecule has 12 aromatic rings. The summed E-state index contributed by atoms with van der Waals surface area (Å²) < 4.78 is 60.7. The molecule has 96 heavy (non-hydrogen) atoms. The van der Waals surface area contributed by atoms with E-state index in [1.54, 1.807) is 138 Å². The zero-order valence-electron chi connectivity index (χ0n) is 55.6. The largest absolute Gasteiger partial charge is 0.395 e. The molecule has 0 radical (unpaired) electrons. The number of aromatic nitrogens is 18. The van der Waals surface area contributed by atoms with Gasteiger partial charge in [0.05, 0.1) is 13.1 Å². The SMILES string of the molecule is C.C.CC.CC.CC.CC.CC.CC.Cc1nc(-c2ccccn2)nn1Cc1ccccc1F.Cc1nc(-c2ncccn2)nn1Cc1ccccc1F.[C-]#[N+]c1nc(-c2ccccn2)nn1Cc1ccccc1F.[C-]#[N+]c1nc(-c2ncccn2)nn1Cc1ccccc1F. The maximum absolute atomic E-state index is 13.7. The lowest BCUT2D eigenvalue weighted by atomic mass is 10.2. The normalized spacial score (nSPS) is 9.33. The summed E-state index contributed by atoms with van der Waals surface area (Å²) in [5, 5.41) is 17.2. The second-order valence-electron chi connectivity index (χ2n) is 17.2. The smallest absolute Gasteiger partial charge is 0.360 e. The number of hydrogen-bond donors (Lipinski definition) is 0. The fourth-order valence-corrected chi connectivity index (χ4v) is 7.56. The van der Waals surface area contributed by atoms with Crippen molar-refractivity contribution in [3.63, 3.8) is 0 Å². The van der Waals surface area contributed by atoms with Gasteiger partial charge in [0.25, 0.3) is 11.6 Å². The standard InChI is InChI=1S/C15H10FN5.C15H13FN4.C14H9FN6.C14H12FN5.6C2H6.2CH4/c1-17-15-19-14(13-8-4-5-9-18-13)20-21(15)10-11-6-2-3-7-12(11)16;1-11-18-15(14-8-4-5-9-17-14)19-20(11)10-12-6-2-3-7-13(12)16;1-16-14-19-13(12-17-7-4-8-18-12)20-21(14)9-10-5-2-3-6-11(10)15;1-10-18-14(13-16-7-4-8-17-13)19-20(10)9-11-5-2-3-6-12(11)15;6*1-2;;/h2-9H,10H2;2-9H,10H2,1H3;2-8H,9H2;2-8H,9H2,1H3;6*1-2H3;2*1H4. The van der Waals surface area contributed by atoms with E-state index in [1.807, 2.05) is 127 Å². The minimum atomic E-state index is -0.346.